The van der Waals surface area contributed by atoms with Crippen molar-refractivity contribution in [3.63, 3.8) is 0 Å². The van der Waals surface area contributed by atoms with E-state index in [1.54, 1.807) is 12.1 Å². The molecule has 0 bridgehead atoms. The number of carbonyl (C=O) groups excluding carboxylic acids is 3. The van der Waals surface area contributed by atoms with Gasteiger partial charge < -0.3 is 20.1 Å². The normalized spacial score (nSPS) is 11.7. The van der Waals surface area contributed by atoms with Crippen molar-refractivity contribution in [2.24, 2.45) is 0 Å². The molecule has 0 saturated heterocycles. The smallest absolute Gasteiger partial charge is 0.231 e. The summed E-state index contributed by atoms with van der Waals surface area (Å²) >= 11 is 0. The Morgan fingerprint density at radius 2 is 1.70 bits per heavy atom. The lowest BCUT2D eigenvalue weighted by molar-refractivity contribution is -0.120. The fourth-order valence-electron chi connectivity index (χ4n) is 2.71. The summed E-state index contributed by atoms with van der Waals surface area (Å²) in [7, 11) is 0. The molecule has 2 amide bonds. The Kier molecular flexibility index (Phi) is 5.71. The van der Waals surface area contributed by atoms with Gasteiger partial charge in [-0.3, -0.25) is 14.4 Å². The number of nitrogens with one attached hydrogen (secondary N) is 2. The number of ether oxygens (including phenoxy) is 2. The second kappa shape index (κ2) is 8.35. The first kappa shape index (κ1) is 18.4. The minimum atomic E-state index is -0.309. The van der Waals surface area contributed by atoms with E-state index in [-0.39, 0.29) is 43.8 Å². The van der Waals surface area contributed by atoms with Crippen LogP contribution >= 0.6 is 0 Å². The Hall–Kier alpha value is -3.35. The number of amides is 2. The summed E-state index contributed by atoms with van der Waals surface area (Å²) in [5, 5.41) is 5.41. The van der Waals surface area contributed by atoms with Crippen LogP contribution in [-0.4, -0.2) is 30.9 Å². The minimum absolute atomic E-state index is 0.0809. The lowest BCUT2D eigenvalue weighted by atomic mass is 10.1. The predicted molar refractivity (Wildman–Crippen MR) is 99.0 cm³/mol. The molecule has 3 rings (SSSR count). The number of fused-ring (bicyclic) bond motifs is 1. The van der Waals surface area contributed by atoms with Gasteiger partial charge in [0.1, 0.15) is 0 Å². The molecule has 1 aliphatic heterocycles. The molecule has 1 heterocycles. The molecule has 0 unspecified atom stereocenters. The van der Waals surface area contributed by atoms with Crippen molar-refractivity contribution in [3.8, 4) is 11.5 Å². The topological polar surface area (TPSA) is 93.7 Å². The Balaban J connectivity index is 1.52. The highest BCUT2D eigenvalue weighted by Gasteiger charge is 2.20. The van der Waals surface area contributed by atoms with Gasteiger partial charge in [0.15, 0.2) is 17.3 Å². The zero-order chi connectivity index (χ0) is 19.2. The van der Waals surface area contributed by atoms with E-state index in [0.29, 0.717) is 22.7 Å². The molecule has 1 aliphatic rings. The molecule has 0 radical (unpaired) electrons. The van der Waals surface area contributed by atoms with E-state index in [0.717, 1.165) is 5.56 Å². The van der Waals surface area contributed by atoms with Crippen LogP contribution in [0.5, 0.6) is 11.5 Å². The van der Waals surface area contributed by atoms with E-state index in [9.17, 15) is 14.4 Å². The van der Waals surface area contributed by atoms with Crippen LogP contribution in [0.1, 0.15) is 29.3 Å². The van der Waals surface area contributed by atoms with Gasteiger partial charge in [-0.2, -0.15) is 0 Å². The molecule has 2 N–H and O–H groups in total. The van der Waals surface area contributed by atoms with Crippen molar-refractivity contribution in [2.45, 2.75) is 19.8 Å². The number of hydrogen-bond acceptors (Lipinski definition) is 5. The molecule has 0 fully saturated rings. The second-order valence-electron chi connectivity index (χ2n) is 6.12. The molecule has 2 aromatic rings. The third-order valence-electron chi connectivity index (χ3n) is 4.05. The van der Waals surface area contributed by atoms with E-state index in [1.165, 1.54) is 6.92 Å². The molecule has 0 spiro atoms. The maximum absolute atomic E-state index is 12.2. The van der Waals surface area contributed by atoms with Gasteiger partial charge in [-0.05, 0) is 18.6 Å². The van der Waals surface area contributed by atoms with Crippen LogP contribution in [0, 0.1) is 0 Å². The van der Waals surface area contributed by atoms with Gasteiger partial charge in [-0.1, -0.05) is 30.3 Å². The summed E-state index contributed by atoms with van der Waals surface area (Å²) in [5.41, 5.74) is 1.62. The van der Waals surface area contributed by atoms with E-state index >= 15 is 0 Å². The number of ketones is 1. The van der Waals surface area contributed by atoms with Gasteiger partial charge in [-0.15, -0.1) is 0 Å². The highest BCUT2D eigenvalue weighted by Crippen LogP contribution is 2.37. The molecule has 0 aliphatic carbocycles. The van der Waals surface area contributed by atoms with E-state index in [4.69, 9.17) is 9.47 Å². The molecule has 140 valence electrons. The first-order valence-electron chi connectivity index (χ1n) is 8.58. The molecular formula is C20H20N2O5. The molecular weight excluding hydrogens is 348 g/mol. The largest absolute Gasteiger partial charge is 0.454 e. The van der Waals surface area contributed by atoms with Gasteiger partial charge >= 0.3 is 0 Å². The highest BCUT2D eigenvalue weighted by molar-refractivity contribution is 6.04. The monoisotopic (exact) mass is 368 g/mol. The van der Waals surface area contributed by atoms with Gasteiger partial charge in [-0.25, -0.2) is 0 Å². The highest BCUT2D eigenvalue weighted by atomic mass is 16.7. The first-order valence-corrected chi connectivity index (χ1v) is 8.58. The number of rotatable bonds is 7. The van der Waals surface area contributed by atoms with Crippen molar-refractivity contribution >= 4 is 23.3 Å². The fraction of sp³-hybridized carbons (Fsp3) is 0.250. The summed E-state index contributed by atoms with van der Waals surface area (Å²) in [6, 6.07) is 12.5. The SMILES string of the molecule is CC(=O)c1cc2c(cc1NC(=O)CCNC(=O)Cc1ccccc1)OCO2. The van der Waals surface area contributed by atoms with Crippen LogP contribution in [0.15, 0.2) is 42.5 Å². The summed E-state index contributed by atoms with van der Waals surface area (Å²) in [4.78, 5) is 35.9. The molecule has 0 aromatic heterocycles. The maximum Gasteiger partial charge on any atom is 0.231 e. The standard InChI is InChI=1S/C20H20N2O5/c1-13(23)15-10-17-18(27-12-26-17)11-16(15)22-19(24)7-8-21-20(25)9-14-5-3-2-4-6-14/h2-6,10-11H,7-9,12H2,1H3,(H,21,25)(H,22,24). The lowest BCUT2D eigenvalue weighted by Gasteiger charge is -2.11. The van der Waals surface area contributed by atoms with E-state index in [1.807, 2.05) is 30.3 Å². The lowest BCUT2D eigenvalue weighted by Crippen LogP contribution is -2.29. The average Bonchev–Trinajstić information content (AvgIpc) is 3.09. The summed E-state index contributed by atoms with van der Waals surface area (Å²) < 4.78 is 10.5. The van der Waals surface area contributed by atoms with Crippen molar-refractivity contribution < 1.29 is 23.9 Å². The fourth-order valence-corrected chi connectivity index (χ4v) is 2.71. The molecule has 27 heavy (non-hydrogen) atoms. The summed E-state index contributed by atoms with van der Waals surface area (Å²) in [6.45, 7) is 1.70. The van der Waals surface area contributed by atoms with Crippen LogP contribution < -0.4 is 20.1 Å². The Morgan fingerprint density at radius 3 is 2.41 bits per heavy atom. The zero-order valence-electron chi connectivity index (χ0n) is 14.9. The number of benzene rings is 2. The van der Waals surface area contributed by atoms with Crippen molar-refractivity contribution in [1.29, 1.82) is 0 Å². The van der Waals surface area contributed by atoms with E-state index in [2.05, 4.69) is 10.6 Å². The van der Waals surface area contributed by atoms with Gasteiger partial charge in [0.2, 0.25) is 18.6 Å². The number of hydrogen-bond donors (Lipinski definition) is 2. The molecule has 7 nitrogen and oxygen atoms in total. The summed E-state index contributed by atoms with van der Waals surface area (Å²) in [5.74, 6) is 0.301. The van der Waals surface area contributed by atoms with Crippen LogP contribution in [0.25, 0.3) is 0 Å². The van der Waals surface area contributed by atoms with Gasteiger partial charge in [0.25, 0.3) is 0 Å². The third kappa shape index (κ3) is 4.84. The van der Waals surface area contributed by atoms with Crippen LogP contribution in [0.4, 0.5) is 5.69 Å². The van der Waals surface area contributed by atoms with Crippen molar-refractivity contribution in [1.82, 2.24) is 5.32 Å². The summed E-state index contributed by atoms with van der Waals surface area (Å²) in [6.07, 6.45) is 0.353. The predicted octanol–water partition coefficient (Wildman–Crippen LogP) is 2.31. The van der Waals surface area contributed by atoms with Crippen molar-refractivity contribution in [2.75, 3.05) is 18.7 Å². The van der Waals surface area contributed by atoms with Crippen LogP contribution in [-0.2, 0) is 16.0 Å². The Labute approximate surface area is 156 Å². The van der Waals surface area contributed by atoms with Gasteiger partial charge in [0, 0.05) is 24.6 Å². The Morgan fingerprint density at radius 1 is 1.00 bits per heavy atom. The molecule has 0 atom stereocenters. The Bertz CT molecular complexity index is 864. The minimum Gasteiger partial charge on any atom is -0.454 e. The molecule has 7 heteroatoms. The number of Topliss-reactive ketones (excluding diaryl/α,β-unsaturated/α-hetero) is 1. The van der Waals surface area contributed by atoms with Crippen molar-refractivity contribution in [3.05, 3.63) is 53.6 Å². The second-order valence-corrected chi connectivity index (χ2v) is 6.12. The van der Waals surface area contributed by atoms with Gasteiger partial charge in [0.05, 0.1) is 12.1 Å². The number of carbonyl (C=O) groups is 3. The first-order chi connectivity index (χ1) is 13.0. The van der Waals surface area contributed by atoms with Crippen LogP contribution in [0.2, 0.25) is 0 Å². The van der Waals surface area contributed by atoms with E-state index < -0.39 is 0 Å². The third-order valence-corrected chi connectivity index (χ3v) is 4.05. The maximum atomic E-state index is 12.2. The quantitative estimate of drug-likeness (QED) is 0.732. The van der Waals surface area contributed by atoms with Crippen LogP contribution in [0.3, 0.4) is 0 Å². The number of anilines is 1. The molecule has 2 aromatic carbocycles. The zero-order valence-corrected chi connectivity index (χ0v) is 14.9. The average molecular weight is 368 g/mol. The molecule has 0 saturated carbocycles.